The van der Waals surface area contributed by atoms with E-state index >= 15 is 0 Å². The number of amides is 1. The zero-order valence-corrected chi connectivity index (χ0v) is 13.0. The summed E-state index contributed by atoms with van der Waals surface area (Å²) in [7, 11) is 0. The highest BCUT2D eigenvalue weighted by Crippen LogP contribution is 2.32. The summed E-state index contributed by atoms with van der Waals surface area (Å²) in [5.41, 5.74) is 0.926. The Labute approximate surface area is 130 Å². The summed E-state index contributed by atoms with van der Waals surface area (Å²) in [6, 6.07) is 9.66. The van der Waals surface area contributed by atoms with Crippen LogP contribution in [0.2, 0.25) is 0 Å². The van der Waals surface area contributed by atoms with Crippen molar-refractivity contribution in [3.05, 3.63) is 36.2 Å². The second kappa shape index (κ2) is 6.30. The maximum Gasteiger partial charge on any atom is 0.249 e. The molecule has 0 saturated carbocycles. The summed E-state index contributed by atoms with van der Waals surface area (Å²) in [5, 5.41) is 4.08. The first-order chi connectivity index (χ1) is 10.7. The van der Waals surface area contributed by atoms with E-state index in [-0.39, 0.29) is 17.9 Å². The van der Waals surface area contributed by atoms with E-state index in [1.807, 2.05) is 49.1 Å². The molecule has 1 aliphatic rings. The monoisotopic (exact) mass is 299 g/mol. The molecule has 0 radical (unpaired) electrons. The Balaban J connectivity index is 1.86. The molecule has 1 fully saturated rings. The molecule has 0 spiro atoms. The van der Waals surface area contributed by atoms with Gasteiger partial charge in [0.1, 0.15) is 6.04 Å². The summed E-state index contributed by atoms with van der Waals surface area (Å²) in [5.74, 6) is 1.27. The van der Waals surface area contributed by atoms with Crippen LogP contribution in [-0.2, 0) is 4.79 Å². The van der Waals surface area contributed by atoms with Crippen LogP contribution in [0.3, 0.4) is 0 Å². The Morgan fingerprint density at radius 3 is 2.77 bits per heavy atom. The van der Waals surface area contributed by atoms with Crippen LogP contribution in [0.5, 0.6) is 0 Å². The third-order valence-electron chi connectivity index (χ3n) is 4.04. The Bertz CT molecular complexity index is 636. The van der Waals surface area contributed by atoms with E-state index < -0.39 is 0 Å². The minimum absolute atomic E-state index is 0.0166. The van der Waals surface area contributed by atoms with Crippen molar-refractivity contribution >= 4 is 5.91 Å². The van der Waals surface area contributed by atoms with Crippen molar-refractivity contribution in [3.63, 3.8) is 0 Å². The predicted octanol–water partition coefficient (Wildman–Crippen LogP) is 3.45. The van der Waals surface area contributed by atoms with E-state index in [9.17, 15) is 4.79 Å². The number of carbonyl (C=O) groups excluding carboxylic acids is 1. The van der Waals surface area contributed by atoms with Crippen LogP contribution in [0.15, 0.2) is 34.9 Å². The van der Waals surface area contributed by atoms with Crippen LogP contribution in [-0.4, -0.2) is 27.5 Å². The highest BCUT2D eigenvalue weighted by Gasteiger charge is 2.33. The number of likely N-dealkylation sites (tertiary alicyclic amines) is 1. The Kier molecular flexibility index (Phi) is 4.22. The normalized spacial score (nSPS) is 18.7. The molecule has 5 nitrogen and oxygen atoms in total. The zero-order chi connectivity index (χ0) is 15.5. The molecule has 1 atom stereocenters. The van der Waals surface area contributed by atoms with E-state index in [1.54, 1.807) is 0 Å². The first-order valence-corrected chi connectivity index (χ1v) is 7.86. The molecule has 1 aromatic heterocycles. The van der Waals surface area contributed by atoms with Crippen LogP contribution >= 0.6 is 0 Å². The minimum atomic E-state index is -0.0892. The van der Waals surface area contributed by atoms with Gasteiger partial charge in [0.05, 0.1) is 0 Å². The van der Waals surface area contributed by atoms with Gasteiger partial charge in [0.15, 0.2) is 0 Å². The van der Waals surface area contributed by atoms with Crippen molar-refractivity contribution in [2.24, 2.45) is 5.92 Å². The van der Waals surface area contributed by atoms with Gasteiger partial charge in [0.2, 0.25) is 17.6 Å². The maximum atomic E-state index is 12.4. The van der Waals surface area contributed by atoms with E-state index in [0.717, 1.165) is 31.4 Å². The summed E-state index contributed by atoms with van der Waals surface area (Å²) >= 11 is 0. The lowest BCUT2D eigenvalue weighted by Gasteiger charge is -2.34. The molecule has 5 heteroatoms. The predicted molar refractivity (Wildman–Crippen MR) is 82.9 cm³/mol. The van der Waals surface area contributed by atoms with Crippen molar-refractivity contribution in [2.75, 3.05) is 6.54 Å². The molecule has 1 aromatic carbocycles. The first-order valence-electron chi connectivity index (χ1n) is 7.86. The molecule has 0 unspecified atom stereocenters. The summed E-state index contributed by atoms with van der Waals surface area (Å²) < 4.78 is 5.46. The largest absolute Gasteiger partial charge is 0.337 e. The number of benzene rings is 1. The van der Waals surface area contributed by atoms with Crippen LogP contribution in [0, 0.1) is 5.92 Å². The lowest BCUT2D eigenvalue weighted by molar-refractivity contribution is -0.139. The number of piperidine rings is 1. The molecule has 1 aliphatic heterocycles. The van der Waals surface area contributed by atoms with Gasteiger partial charge in [0.25, 0.3) is 0 Å². The zero-order valence-electron chi connectivity index (χ0n) is 13.0. The first kappa shape index (κ1) is 14.8. The van der Waals surface area contributed by atoms with Gasteiger partial charge in [-0.25, -0.2) is 0 Å². The van der Waals surface area contributed by atoms with Gasteiger partial charge in [-0.1, -0.05) is 49.3 Å². The standard InChI is InChI=1S/C17H21N3O2/c1-12(2)17(21)20-11-7-6-10-14(20)16-18-15(19-22-16)13-8-4-3-5-9-13/h3-5,8-9,12,14H,6-7,10-11H2,1-2H3/t14-/m1/s1. The van der Waals surface area contributed by atoms with Gasteiger partial charge < -0.3 is 9.42 Å². The molecular formula is C17H21N3O2. The second-order valence-electron chi connectivity index (χ2n) is 6.02. The summed E-state index contributed by atoms with van der Waals surface area (Å²) in [6.45, 7) is 4.62. The van der Waals surface area contributed by atoms with Crippen LogP contribution in [0.25, 0.3) is 11.4 Å². The van der Waals surface area contributed by atoms with Gasteiger partial charge in [0, 0.05) is 18.0 Å². The van der Waals surface area contributed by atoms with Crippen LogP contribution in [0.1, 0.15) is 45.0 Å². The molecular weight excluding hydrogens is 278 g/mol. The lowest BCUT2D eigenvalue weighted by Crippen LogP contribution is -2.40. The van der Waals surface area contributed by atoms with Gasteiger partial charge in [-0.3, -0.25) is 4.79 Å². The molecule has 116 valence electrons. The molecule has 3 rings (SSSR count). The third-order valence-corrected chi connectivity index (χ3v) is 4.04. The van der Waals surface area contributed by atoms with Gasteiger partial charge in [-0.05, 0) is 19.3 Å². The smallest absolute Gasteiger partial charge is 0.249 e. The van der Waals surface area contributed by atoms with E-state index in [2.05, 4.69) is 10.1 Å². The molecule has 22 heavy (non-hydrogen) atoms. The average molecular weight is 299 g/mol. The number of nitrogens with zero attached hydrogens (tertiary/aromatic N) is 3. The van der Waals surface area contributed by atoms with Gasteiger partial charge in [-0.2, -0.15) is 4.98 Å². The summed E-state index contributed by atoms with van der Waals surface area (Å²) in [6.07, 6.45) is 3.00. The minimum Gasteiger partial charge on any atom is -0.337 e. The average Bonchev–Trinajstić information content (AvgIpc) is 3.05. The van der Waals surface area contributed by atoms with Gasteiger partial charge >= 0.3 is 0 Å². The van der Waals surface area contributed by atoms with Crippen molar-refractivity contribution in [3.8, 4) is 11.4 Å². The molecule has 2 aromatic rings. The molecule has 0 aliphatic carbocycles. The van der Waals surface area contributed by atoms with Gasteiger partial charge in [-0.15, -0.1) is 0 Å². The quantitative estimate of drug-likeness (QED) is 0.871. The highest BCUT2D eigenvalue weighted by molar-refractivity contribution is 5.78. The number of aromatic nitrogens is 2. The van der Waals surface area contributed by atoms with Crippen molar-refractivity contribution in [2.45, 2.75) is 39.2 Å². The molecule has 0 bridgehead atoms. The Hall–Kier alpha value is -2.17. The fraction of sp³-hybridized carbons (Fsp3) is 0.471. The fourth-order valence-electron chi connectivity index (χ4n) is 2.86. The molecule has 2 heterocycles. The van der Waals surface area contributed by atoms with E-state index in [1.165, 1.54) is 0 Å². The maximum absolute atomic E-state index is 12.4. The molecule has 1 amide bonds. The molecule has 0 N–H and O–H groups in total. The summed E-state index contributed by atoms with van der Waals surface area (Å²) in [4.78, 5) is 18.8. The third kappa shape index (κ3) is 2.89. The fourth-order valence-corrected chi connectivity index (χ4v) is 2.86. The van der Waals surface area contributed by atoms with Crippen molar-refractivity contribution in [1.29, 1.82) is 0 Å². The number of hydrogen-bond donors (Lipinski definition) is 0. The van der Waals surface area contributed by atoms with Crippen molar-refractivity contribution in [1.82, 2.24) is 15.0 Å². The number of hydrogen-bond acceptors (Lipinski definition) is 4. The number of rotatable bonds is 3. The van der Waals surface area contributed by atoms with E-state index in [0.29, 0.717) is 11.7 Å². The Morgan fingerprint density at radius 2 is 2.05 bits per heavy atom. The lowest BCUT2D eigenvalue weighted by atomic mass is 10.00. The van der Waals surface area contributed by atoms with Crippen LogP contribution < -0.4 is 0 Å². The highest BCUT2D eigenvalue weighted by atomic mass is 16.5. The SMILES string of the molecule is CC(C)C(=O)N1CCCC[C@@H]1c1nc(-c2ccccc2)no1. The number of carbonyl (C=O) groups is 1. The second-order valence-corrected chi connectivity index (χ2v) is 6.02. The van der Waals surface area contributed by atoms with E-state index in [4.69, 9.17) is 4.52 Å². The van der Waals surface area contributed by atoms with Crippen molar-refractivity contribution < 1.29 is 9.32 Å². The Morgan fingerprint density at radius 1 is 1.27 bits per heavy atom. The van der Waals surface area contributed by atoms with Crippen LogP contribution in [0.4, 0.5) is 0 Å². The molecule has 1 saturated heterocycles. The topological polar surface area (TPSA) is 59.2 Å².